The summed E-state index contributed by atoms with van der Waals surface area (Å²) in [7, 11) is -3.33. The second kappa shape index (κ2) is 7.88. The van der Waals surface area contributed by atoms with E-state index in [0.717, 1.165) is 31.2 Å². The summed E-state index contributed by atoms with van der Waals surface area (Å²) in [5.74, 6) is -0.645. The fourth-order valence-corrected chi connectivity index (χ4v) is 4.83. The summed E-state index contributed by atoms with van der Waals surface area (Å²) < 4.78 is 30.4. The summed E-state index contributed by atoms with van der Waals surface area (Å²) >= 11 is 0. The molecule has 1 fully saturated rings. The van der Waals surface area contributed by atoms with Gasteiger partial charge < -0.3 is 9.64 Å². The number of rotatable bonds is 4. The van der Waals surface area contributed by atoms with Crippen LogP contribution in [0.15, 0.2) is 18.2 Å². The zero-order valence-corrected chi connectivity index (χ0v) is 16.6. The Morgan fingerprint density at radius 3 is 2.70 bits per heavy atom. The molecule has 0 aromatic heterocycles. The van der Waals surface area contributed by atoms with Crippen LogP contribution in [0, 0.1) is 5.92 Å². The van der Waals surface area contributed by atoms with Crippen LogP contribution in [-0.4, -0.2) is 57.7 Å². The first-order valence-corrected chi connectivity index (χ1v) is 11.2. The number of benzene rings is 1. The molecular weight excluding hydrogens is 368 g/mol. The van der Waals surface area contributed by atoms with E-state index >= 15 is 0 Å². The van der Waals surface area contributed by atoms with Gasteiger partial charge in [-0.05, 0) is 56.4 Å². The highest BCUT2D eigenvalue weighted by Crippen LogP contribution is 2.30. The van der Waals surface area contributed by atoms with E-state index < -0.39 is 10.0 Å². The van der Waals surface area contributed by atoms with Crippen LogP contribution in [-0.2, 0) is 26.0 Å². The third kappa shape index (κ3) is 4.26. The number of aryl methyl sites for hydroxylation is 1. The number of likely N-dealkylation sites (tertiary alicyclic amines) is 1. The van der Waals surface area contributed by atoms with E-state index in [4.69, 9.17) is 4.74 Å². The Hall–Kier alpha value is -2.09. The van der Waals surface area contributed by atoms with Gasteiger partial charge in [0.25, 0.3) is 5.91 Å². The maximum Gasteiger partial charge on any atom is 0.310 e. The maximum atomic E-state index is 12.9. The Morgan fingerprint density at radius 1 is 1.22 bits per heavy atom. The lowest BCUT2D eigenvalue weighted by Crippen LogP contribution is -2.43. The van der Waals surface area contributed by atoms with E-state index in [1.807, 2.05) is 0 Å². The van der Waals surface area contributed by atoms with E-state index in [9.17, 15) is 18.0 Å². The molecule has 1 aromatic rings. The highest BCUT2D eigenvalue weighted by Gasteiger charge is 2.31. The van der Waals surface area contributed by atoms with Crippen LogP contribution in [0.2, 0.25) is 0 Å². The Bertz CT molecular complexity index is 837. The number of hydrogen-bond acceptors (Lipinski definition) is 5. The largest absolute Gasteiger partial charge is 0.466 e. The van der Waals surface area contributed by atoms with Crippen molar-refractivity contribution in [3.8, 4) is 0 Å². The molecule has 148 valence electrons. The van der Waals surface area contributed by atoms with E-state index in [1.54, 1.807) is 30.0 Å². The smallest absolute Gasteiger partial charge is 0.310 e. The van der Waals surface area contributed by atoms with Gasteiger partial charge in [0.2, 0.25) is 10.0 Å². The maximum absolute atomic E-state index is 12.9. The van der Waals surface area contributed by atoms with Gasteiger partial charge in [0.1, 0.15) is 0 Å². The van der Waals surface area contributed by atoms with Gasteiger partial charge in [-0.1, -0.05) is 0 Å². The number of anilines is 1. The van der Waals surface area contributed by atoms with Gasteiger partial charge in [0.15, 0.2) is 0 Å². The Labute approximate surface area is 160 Å². The average molecular weight is 394 g/mol. The van der Waals surface area contributed by atoms with Gasteiger partial charge in [-0.2, -0.15) is 0 Å². The molecule has 7 nitrogen and oxygen atoms in total. The molecular formula is C19H26N2O5S. The number of fused-ring (bicyclic) bond motifs is 1. The molecule has 8 heteroatoms. The zero-order valence-electron chi connectivity index (χ0n) is 15.8. The van der Waals surface area contributed by atoms with Crippen LogP contribution in [0.1, 0.15) is 42.1 Å². The van der Waals surface area contributed by atoms with Crippen molar-refractivity contribution in [1.29, 1.82) is 0 Å². The zero-order chi connectivity index (χ0) is 19.6. The highest BCUT2D eigenvalue weighted by molar-refractivity contribution is 7.92. The lowest BCUT2D eigenvalue weighted by Gasteiger charge is -2.32. The first-order chi connectivity index (χ1) is 12.8. The second-order valence-corrected chi connectivity index (χ2v) is 9.03. The van der Waals surface area contributed by atoms with Crippen LogP contribution in [0.4, 0.5) is 5.69 Å². The number of piperidine rings is 1. The summed E-state index contributed by atoms with van der Waals surface area (Å²) in [5.41, 5.74) is 2.06. The van der Waals surface area contributed by atoms with Gasteiger partial charge in [-0.3, -0.25) is 13.9 Å². The number of sulfonamides is 1. The number of esters is 1. The highest BCUT2D eigenvalue weighted by atomic mass is 32.2. The lowest BCUT2D eigenvalue weighted by molar-refractivity contribution is -0.149. The van der Waals surface area contributed by atoms with Gasteiger partial charge >= 0.3 is 5.97 Å². The normalized spacial score (nSPS) is 20.1. The fourth-order valence-electron chi connectivity index (χ4n) is 3.84. The van der Waals surface area contributed by atoms with Crippen molar-refractivity contribution in [3.05, 3.63) is 29.3 Å². The van der Waals surface area contributed by atoms with E-state index in [2.05, 4.69) is 0 Å². The topological polar surface area (TPSA) is 84.0 Å². The molecule has 0 spiro atoms. The minimum Gasteiger partial charge on any atom is -0.466 e. The first-order valence-electron chi connectivity index (χ1n) is 9.37. The van der Waals surface area contributed by atoms with Crippen LogP contribution < -0.4 is 4.31 Å². The molecule has 1 amide bonds. The van der Waals surface area contributed by atoms with Gasteiger partial charge in [0.05, 0.1) is 24.5 Å². The molecule has 2 aliphatic rings. The summed E-state index contributed by atoms with van der Waals surface area (Å²) in [6.45, 7) is 3.56. The predicted octanol–water partition coefficient (Wildman–Crippen LogP) is 1.81. The van der Waals surface area contributed by atoms with Crippen molar-refractivity contribution >= 4 is 27.6 Å². The number of amides is 1. The van der Waals surface area contributed by atoms with Gasteiger partial charge in [-0.25, -0.2) is 8.42 Å². The molecule has 2 aliphatic heterocycles. The molecule has 0 saturated carbocycles. The third-order valence-corrected chi connectivity index (χ3v) is 6.31. The third-order valence-electron chi connectivity index (χ3n) is 5.13. The number of hydrogen-bond donors (Lipinski definition) is 0. The molecule has 0 N–H and O–H groups in total. The van der Waals surface area contributed by atoms with Crippen LogP contribution in [0.25, 0.3) is 0 Å². The number of carbonyl (C=O) groups excluding carboxylic acids is 2. The summed E-state index contributed by atoms with van der Waals surface area (Å²) in [6, 6.07) is 5.19. The molecule has 27 heavy (non-hydrogen) atoms. The van der Waals surface area contributed by atoms with Crippen molar-refractivity contribution in [2.24, 2.45) is 5.92 Å². The van der Waals surface area contributed by atoms with Crippen LogP contribution in [0.5, 0.6) is 0 Å². The Morgan fingerprint density at radius 2 is 2.00 bits per heavy atom. The SMILES string of the molecule is CCOC(=O)C1CCCN(C(=O)c2ccc3c(c2)CCCN3S(C)(=O)=O)C1. The summed E-state index contributed by atoms with van der Waals surface area (Å²) in [4.78, 5) is 26.6. The first kappa shape index (κ1) is 19.7. The standard InChI is InChI=1S/C19H26N2O5S/c1-3-26-19(23)16-7-4-10-20(13-16)18(22)15-8-9-17-14(12-15)6-5-11-21(17)27(2,24)25/h8-9,12,16H,3-7,10-11,13H2,1-2H3. The molecule has 0 radical (unpaired) electrons. The quantitative estimate of drug-likeness (QED) is 0.728. The van der Waals surface area contributed by atoms with Crippen molar-refractivity contribution in [3.63, 3.8) is 0 Å². The second-order valence-electron chi connectivity index (χ2n) is 7.12. The number of ether oxygens (including phenoxy) is 1. The molecule has 1 aromatic carbocycles. The van der Waals surface area contributed by atoms with E-state index in [1.165, 1.54) is 10.6 Å². The molecule has 3 rings (SSSR count). The van der Waals surface area contributed by atoms with Gasteiger partial charge in [-0.15, -0.1) is 0 Å². The summed E-state index contributed by atoms with van der Waals surface area (Å²) in [5, 5.41) is 0. The van der Waals surface area contributed by atoms with Crippen LogP contribution >= 0.6 is 0 Å². The lowest BCUT2D eigenvalue weighted by atomic mass is 9.96. The molecule has 1 unspecified atom stereocenters. The minimum absolute atomic E-state index is 0.122. The molecule has 1 saturated heterocycles. The van der Waals surface area contributed by atoms with E-state index in [-0.39, 0.29) is 17.8 Å². The Balaban J connectivity index is 1.79. The molecule has 0 aliphatic carbocycles. The monoisotopic (exact) mass is 394 g/mol. The van der Waals surface area contributed by atoms with Crippen molar-refractivity contribution in [2.45, 2.75) is 32.6 Å². The van der Waals surface area contributed by atoms with Crippen molar-refractivity contribution in [1.82, 2.24) is 4.90 Å². The van der Waals surface area contributed by atoms with E-state index in [0.29, 0.717) is 37.5 Å². The molecule has 0 bridgehead atoms. The van der Waals surface area contributed by atoms with Crippen molar-refractivity contribution in [2.75, 3.05) is 36.8 Å². The van der Waals surface area contributed by atoms with Crippen LogP contribution in [0.3, 0.4) is 0 Å². The summed E-state index contributed by atoms with van der Waals surface area (Å²) in [6.07, 6.45) is 4.17. The number of carbonyl (C=O) groups is 2. The van der Waals surface area contributed by atoms with Crippen molar-refractivity contribution < 1.29 is 22.7 Å². The predicted molar refractivity (Wildman–Crippen MR) is 102 cm³/mol. The Kier molecular flexibility index (Phi) is 5.74. The minimum atomic E-state index is -3.33. The number of nitrogens with zero attached hydrogens (tertiary/aromatic N) is 2. The molecule has 1 atom stereocenters. The van der Waals surface area contributed by atoms with Gasteiger partial charge in [0, 0.05) is 25.2 Å². The average Bonchev–Trinajstić information content (AvgIpc) is 2.66. The fraction of sp³-hybridized carbons (Fsp3) is 0.579. The molecule has 2 heterocycles.